The molecule has 0 bridgehead atoms. The summed E-state index contributed by atoms with van der Waals surface area (Å²) in [4.78, 5) is 10.6. The number of likely N-dealkylation sites (tertiary alicyclic amines) is 1. The fourth-order valence-electron chi connectivity index (χ4n) is 4.80. The van der Waals surface area contributed by atoms with E-state index in [9.17, 15) is 5.11 Å². The predicted molar refractivity (Wildman–Crippen MR) is 92.7 cm³/mol. The third kappa shape index (κ3) is 3.53. The Morgan fingerprint density at radius 2 is 2.00 bits per heavy atom. The summed E-state index contributed by atoms with van der Waals surface area (Å²) >= 11 is 0. The second-order valence-corrected chi connectivity index (χ2v) is 8.06. The normalized spacial score (nSPS) is 28.6. The van der Waals surface area contributed by atoms with E-state index >= 15 is 0 Å². The molecule has 24 heavy (non-hydrogen) atoms. The number of imidazole rings is 1. The van der Waals surface area contributed by atoms with Crippen LogP contribution >= 0.6 is 0 Å². The van der Waals surface area contributed by atoms with Crippen molar-refractivity contribution in [3.8, 4) is 0 Å². The van der Waals surface area contributed by atoms with E-state index in [1.54, 1.807) is 0 Å². The van der Waals surface area contributed by atoms with E-state index in [1.807, 2.05) is 6.20 Å². The molecule has 3 fully saturated rings. The molecule has 2 saturated heterocycles. The van der Waals surface area contributed by atoms with Crippen LogP contribution in [-0.2, 0) is 17.7 Å². The fraction of sp³-hybridized carbons (Fsp3) is 0.842. The second kappa shape index (κ2) is 7.14. The summed E-state index contributed by atoms with van der Waals surface area (Å²) in [6.07, 6.45) is 12.1. The van der Waals surface area contributed by atoms with Crippen LogP contribution < -0.4 is 0 Å². The van der Waals surface area contributed by atoms with Gasteiger partial charge in [-0.2, -0.15) is 0 Å². The molecule has 1 aromatic heterocycles. The van der Waals surface area contributed by atoms with Crippen LogP contribution in [0.25, 0.3) is 0 Å². The van der Waals surface area contributed by atoms with Crippen LogP contribution in [0.5, 0.6) is 0 Å². The van der Waals surface area contributed by atoms with E-state index in [4.69, 9.17) is 4.74 Å². The molecule has 0 unspecified atom stereocenters. The van der Waals surface area contributed by atoms with Gasteiger partial charge in [0.2, 0.25) is 0 Å². The Balaban J connectivity index is 1.28. The number of hydrogen-bond acceptors (Lipinski definition) is 4. The molecule has 0 aromatic carbocycles. The Hall–Kier alpha value is -0.910. The number of nitrogens with zero attached hydrogens (tertiary/aromatic N) is 2. The maximum Gasteiger partial charge on any atom is 0.106 e. The number of aromatic amines is 1. The molecule has 5 nitrogen and oxygen atoms in total. The average molecular weight is 333 g/mol. The lowest BCUT2D eigenvalue weighted by molar-refractivity contribution is -0.177. The second-order valence-electron chi connectivity index (χ2n) is 8.06. The van der Waals surface area contributed by atoms with Crippen molar-refractivity contribution in [2.45, 2.75) is 76.0 Å². The molecule has 1 atom stereocenters. The Bertz CT molecular complexity index is 530. The minimum Gasteiger partial charge on any atom is -0.390 e. The van der Waals surface area contributed by atoms with Crippen LogP contribution in [0.1, 0.15) is 62.9 Å². The van der Waals surface area contributed by atoms with Gasteiger partial charge in [0.1, 0.15) is 5.82 Å². The highest BCUT2D eigenvalue weighted by molar-refractivity contribution is 5.04. The van der Waals surface area contributed by atoms with Gasteiger partial charge in [0.05, 0.1) is 11.7 Å². The lowest BCUT2D eigenvalue weighted by atomic mass is 9.82. The Morgan fingerprint density at radius 1 is 1.21 bits per heavy atom. The van der Waals surface area contributed by atoms with Crippen molar-refractivity contribution in [1.82, 2.24) is 14.9 Å². The van der Waals surface area contributed by atoms with Gasteiger partial charge < -0.3 is 14.8 Å². The first-order chi connectivity index (χ1) is 11.7. The number of ether oxygens (including phenoxy) is 1. The van der Waals surface area contributed by atoms with E-state index in [2.05, 4.69) is 14.9 Å². The molecule has 134 valence electrons. The van der Waals surface area contributed by atoms with Crippen LogP contribution in [0.3, 0.4) is 0 Å². The van der Waals surface area contributed by atoms with Gasteiger partial charge in [0.15, 0.2) is 0 Å². The first-order valence-corrected chi connectivity index (χ1v) is 9.81. The molecular formula is C19H31N3O2. The number of piperidine rings is 1. The summed E-state index contributed by atoms with van der Waals surface area (Å²) < 4.78 is 6.00. The molecule has 2 N–H and O–H groups in total. The molecule has 0 amide bonds. The topological polar surface area (TPSA) is 61.4 Å². The van der Waals surface area contributed by atoms with E-state index in [-0.39, 0.29) is 11.7 Å². The number of rotatable bonds is 4. The van der Waals surface area contributed by atoms with E-state index in [1.165, 1.54) is 31.4 Å². The maximum absolute atomic E-state index is 10.3. The van der Waals surface area contributed by atoms with Crippen molar-refractivity contribution in [2.75, 3.05) is 19.7 Å². The Labute approximate surface area is 144 Å². The molecule has 1 saturated carbocycles. The Morgan fingerprint density at radius 3 is 2.75 bits per heavy atom. The molecule has 3 aliphatic rings. The van der Waals surface area contributed by atoms with Crippen LogP contribution in [0.15, 0.2) is 6.20 Å². The molecule has 5 heteroatoms. The predicted octanol–water partition coefficient (Wildman–Crippen LogP) is 2.65. The maximum atomic E-state index is 10.3. The first kappa shape index (κ1) is 16.6. The zero-order valence-corrected chi connectivity index (χ0v) is 14.7. The van der Waals surface area contributed by atoms with Crippen molar-refractivity contribution in [2.24, 2.45) is 5.92 Å². The van der Waals surface area contributed by atoms with Gasteiger partial charge in [-0.05, 0) is 31.6 Å². The molecule has 1 spiro atoms. The zero-order valence-electron chi connectivity index (χ0n) is 14.7. The SMILES string of the molecule is O[C@@H]1CCCOC12CCN(Cc1cnc(CC3CCCC3)[nH]1)CC2. The molecule has 2 aliphatic heterocycles. The lowest BCUT2D eigenvalue weighted by Gasteiger charge is -2.46. The number of nitrogens with one attached hydrogen (secondary N) is 1. The van der Waals surface area contributed by atoms with E-state index < -0.39 is 0 Å². The van der Waals surface area contributed by atoms with Gasteiger partial charge in [0, 0.05) is 44.6 Å². The summed E-state index contributed by atoms with van der Waals surface area (Å²) in [6, 6.07) is 0. The van der Waals surface area contributed by atoms with Crippen LogP contribution in [-0.4, -0.2) is 51.4 Å². The van der Waals surface area contributed by atoms with Gasteiger partial charge in [-0.1, -0.05) is 25.7 Å². The van der Waals surface area contributed by atoms with Crippen molar-refractivity contribution in [1.29, 1.82) is 0 Å². The minimum atomic E-state index is -0.279. The quantitative estimate of drug-likeness (QED) is 0.889. The van der Waals surface area contributed by atoms with Crippen LogP contribution in [0.2, 0.25) is 0 Å². The molecule has 4 rings (SSSR count). The third-order valence-corrected chi connectivity index (χ3v) is 6.35. The van der Waals surface area contributed by atoms with E-state index in [0.717, 1.165) is 70.1 Å². The first-order valence-electron chi connectivity index (χ1n) is 9.81. The fourth-order valence-corrected chi connectivity index (χ4v) is 4.80. The average Bonchev–Trinajstić information content (AvgIpc) is 3.25. The standard InChI is InChI=1S/C19H31N3O2/c23-17-6-3-11-24-19(17)7-9-22(10-8-19)14-16-13-20-18(21-16)12-15-4-1-2-5-15/h13,15,17,23H,1-12,14H2,(H,20,21)/t17-/m1/s1. The highest BCUT2D eigenvalue weighted by Crippen LogP contribution is 2.35. The molecule has 1 aliphatic carbocycles. The van der Waals surface area contributed by atoms with Crippen LogP contribution in [0, 0.1) is 5.92 Å². The summed E-state index contributed by atoms with van der Waals surface area (Å²) in [6.45, 7) is 3.73. The number of aliphatic hydroxyl groups is 1. The minimum absolute atomic E-state index is 0.267. The van der Waals surface area contributed by atoms with Crippen molar-refractivity contribution < 1.29 is 9.84 Å². The van der Waals surface area contributed by atoms with Gasteiger partial charge in [0.25, 0.3) is 0 Å². The molecule has 1 aromatic rings. The van der Waals surface area contributed by atoms with Gasteiger partial charge >= 0.3 is 0 Å². The smallest absolute Gasteiger partial charge is 0.106 e. The Kier molecular flexibility index (Phi) is 4.93. The largest absolute Gasteiger partial charge is 0.390 e. The highest BCUT2D eigenvalue weighted by atomic mass is 16.5. The van der Waals surface area contributed by atoms with Crippen molar-refractivity contribution in [3.05, 3.63) is 17.7 Å². The molecule has 0 radical (unpaired) electrons. The number of H-pyrrole nitrogens is 1. The van der Waals surface area contributed by atoms with E-state index in [0.29, 0.717) is 0 Å². The van der Waals surface area contributed by atoms with Crippen LogP contribution in [0.4, 0.5) is 0 Å². The summed E-state index contributed by atoms with van der Waals surface area (Å²) in [5.41, 5.74) is 0.958. The number of hydrogen-bond donors (Lipinski definition) is 2. The summed E-state index contributed by atoms with van der Waals surface area (Å²) in [5.74, 6) is 2.00. The monoisotopic (exact) mass is 333 g/mol. The number of aliphatic hydroxyl groups excluding tert-OH is 1. The van der Waals surface area contributed by atoms with Crippen molar-refractivity contribution in [3.63, 3.8) is 0 Å². The van der Waals surface area contributed by atoms with Crippen molar-refractivity contribution >= 4 is 0 Å². The lowest BCUT2D eigenvalue weighted by Crippen LogP contribution is -2.55. The molecular weight excluding hydrogens is 302 g/mol. The summed E-state index contributed by atoms with van der Waals surface area (Å²) in [5, 5.41) is 10.3. The third-order valence-electron chi connectivity index (χ3n) is 6.35. The summed E-state index contributed by atoms with van der Waals surface area (Å²) in [7, 11) is 0. The zero-order chi connectivity index (χ0) is 16.4. The molecule has 3 heterocycles. The number of aromatic nitrogens is 2. The highest BCUT2D eigenvalue weighted by Gasteiger charge is 2.43. The van der Waals surface area contributed by atoms with Gasteiger partial charge in [-0.25, -0.2) is 4.98 Å². The van der Waals surface area contributed by atoms with Gasteiger partial charge in [-0.3, -0.25) is 4.90 Å². The van der Waals surface area contributed by atoms with Gasteiger partial charge in [-0.15, -0.1) is 0 Å².